The molecule has 1 heterocycles. The Morgan fingerprint density at radius 3 is 2.82 bits per heavy atom. The van der Waals surface area contributed by atoms with Crippen LogP contribution in [0, 0.1) is 0 Å². The average Bonchev–Trinajstić information content (AvgIpc) is 3.20. The fraction of sp³-hybridized carbons (Fsp3) is 0.250. The van der Waals surface area contributed by atoms with Gasteiger partial charge in [0.2, 0.25) is 0 Å². The number of ether oxygens (including phenoxy) is 1. The van der Waals surface area contributed by atoms with E-state index >= 15 is 0 Å². The number of nitrogens with one attached hydrogen (secondary N) is 2. The first kappa shape index (κ1) is 14.2. The van der Waals surface area contributed by atoms with E-state index in [1.54, 1.807) is 6.07 Å². The van der Waals surface area contributed by atoms with Gasteiger partial charge in [0.05, 0.1) is 6.26 Å². The van der Waals surface area contributed by atoms with Crippen LogP contribution in [-0.4, -0.2) is 18.4 Å². The third-order valence-electron chi connectivity index (χ3n) is 3.50. The molecule has 3 rings (SSSR count). The lowest BCUT2D eigenvalue weighted by Crippen LogP contribution is -2.43. The molecular weight excluding hydrogens is 284 g/mol. The lowest BCUT2D eigenvalue weighted by atomic mass is 10.1. The standard InChI is InChI=1S/C16H16N2O4/c19-15(17-18-16(20)14-5-2-8-21-14)10-22-13-7-6-11-3-1-4-12(11)9-13/h2,5-9H,1,3-4,10H2,(H,17,19)(H,18,20). The molecule has 6 heteroatoms. The summed E-state index contributed by atoms with van der Waals surface area (Å²) in [6.45, 7) is -0.169. The predicted molar refractivity (Wildman–Crippen MR) is 78.3 cm³/mol. The molecule has 0 spiro atoms. The molecule has 0 saturated heterocycles. The number of rotatable bonds is 4. The fourth-order valence-electron chi connectivity index (χ4n) is 2.42. The molecule has 6 nitrogen and oxygen atoms in total. The lowest BCUT2D eigenvalue weighted by Gasteiger charge is -2.09. The minimum atomic E-state index is -0.518. The van der Waals surface area contributed by atoms with Crippen LogP contribution >= 0.6 is 0 Å². The van der Waals surface area contributed by atoms with Gasteiger partial charge in [-0.1, -0.05) is 6.07 Å². The van der Waals surface area contributed by atoms with Gasteiger partial charge in [-0.05, 0) is 54.7 Å². The molecule has 1 aliphatic carbocycles. The molecule has 1 aliphatic rings. The van der Waals surface area contributed by atoms with Crippen LogP contribution in [0.2, 0.25) is 0 Å². The largest absolute Gasteiger partial charge is 0.484 e. The van der Waals surface area contributed by atoms with Crippen LogP contribution in [0.25, 0.3) is 0 Å². The van der Waals surface area contributed by atoms with Crippen molar-refractivity contribution in [1.82, 2.24) is 10.9 Å². The number of hydrogen-bond acceptors (Lipinski definition) is 4. The van der Waals surface area contributed by atoms with Crippen LogP contribution in [0.15, 0.2) is 41.0 Å². The highest BCUT2D eigenvalue weighted by molar-refractivity contribution is 5.92. The van der Waals surface area contributed by atoms with Crippen molar-refractivity contribution in [3.05, 3.63) is 53.5 Å². The van der Waals surface area contributed by atoms with Gasteiger partial charge >= 0.3 is 5.91 Å². The average molecular weight is 300 g/mol. The second-order valence-corrected chi connectivity index (χ2v) is 5.05. The molecule has 0 bridgehead atoms. The van der Waals surface area contributed by atoms with Crippen LogP contribution in [0.5, 0.6) is 5.75 Å². The summed E-state index contributed by atoms with van der Waals surface area (Å²) in [6, 6.07) is 8.96. The van der Waals surface area contributed by atoms with E-state index in [0.717, 1.165) is 19.3 Å². The van der Waals surface area contributed by atoms with E-state index < -0.39 is 11.8 Å². The number of carbonyl (C=O) groups excluding carboxylic acids is 2. The summed E-state index contributed by atoms with van der Waals surface area (Å²) in [6.07, 6.45) is 4.71. The maximum atomic E-state index is 11.6. The van der Waals surface area contributed by atoms with Crippen molar-refractivity contribution >= 4 is 11.8 Å². The maximum Gasteiger partial charge on any atom is 0.305 e. The highest BCUT2D eigenvalue weighted by Gasteiger charge is 2.13. The van der Waals surface area contributed by atoms with Crippen LogP contribution in [-0.2, 0) is 17.6 Å². The number of amides is 2. The molecule has 1 aromatic heterocycles. The SMILES string of the molecule is O=C(COc1ccc2c(c1)CCC2)NNC(=O)c1ccco1. The molecule has 0 saturated carbocycles. The number of aryl methyl sites for hydroxylation is 2. The van der Waals surface area contributed by atoms with Gasteiger partial charge < -0.3 is 9.15 Å². The Bertz CT molecular complexity index is 679. The molecule has 0 unspecified atom stereocenters. The van der Waals surface area contributed by atoms with Gasteiger partial charge in [0, 0.05) is 0 Å². The van der Waals surface area contributed by atoms with Crippen molar-refractivity contribution < 1.29 is 18.7 Å². The highest BCUT2D eigenvalue weighted by atomic mass is 16.5. The monoisotopic (exact) mass is 300 g/mol. The third kappa shape index (κ3) is 3.28. The second-order valence-electron chi connectivity index (χ2n) is 5.05. The smallest absolute Gasteiger partial charge is 0.305 e. The first-order chi connectivity index (χ1) is 10.7. The molecule has 0 radical (unpaired) electrons. The van der Waals surface area contributed by atoms with Gasteiger partial charge in [0.25, 0.3) is 5.91 Å². The molecule has 2 aromatic rings. The molecule has 2 amide bonds. The predicted octanol–water partition coefficient (Wildman–Crippen LogP) is 1.61. The van der Waals surface area contributed by atoms with Crippen molar-refractivity contribution in [2.24, 2.45) is 0 Å². The number of benzene rings is 1. The maximum absolute atomic E-state index is 11.6. The molecule has 22 heavy (non-hydrogen) atoms. The minimum absolute atomic E-state index is 0.125. The van der Waals surface area contributed by atoms with Crippen LogP contribution in [0.1, 0.15) is 28.1 Å². The first-order valence-corrected chi connectivity index (χ1v) is 7.09. The van der Waals surface area contributed by atoms with E-state index in [1.807, 2.05) is 18.2 Å². The van der Waals surface area contributed by atoms with Gasteiger partial charge in [-0.3, -0.25) is 20.4 Å². The van der Waals surface area contributed by atoms with E-state index in [1.165, 1.54) is 23.5 Å². The Kier molecular flexibility index (Phi) is 4.09. The van der Waals surface area contributed by atoms with E-state index in [0.29, 0.717) is 5.75 Å². The van der Waals surface area contributed by atoms with E-state index in [-0.39, 0.29) is 12.4 Å². The Hall–Kier alpha value is -2.76. The fourth-order valence-corrected chi connectivity index (χ4v) is 2.42. The topological polar surface area (TPSA) is 80.6 Å². The van der Waals surface area contributed by atoms with Crippen molar-refractivity contribution in [1.29, 1.82) is 0 Å². The first-order valence-electron chi connectivity index (χ1n) is 7.09. The lowest BCUT2D eigenvalue weighted by molar-refractivity contribution is -0.123. The van der Waals surface area contributed by atoms with Crippen LogP contribution in [0.4, 0.5) is 0 Å². The van der Waals surface area contributed by atoms with E-state index in [2.05, 4.69) is 10.9 Å². The van der Waals surface area contributed by atoms with Gasteiger partial charge in [0.15, 0.2) is 12.4 Å². The molecule has 1 aromatic carbocycles. The summed E-state index contributed by atoms with van der Waals surface area (Å²) in [5.74, 6) is -0.177. The van der Waals surface area contributed by atoms with Crippen LogP contribution < -0.4 is 15.6 Å². The second kappa shape index (κ2) is 6.34. The third-order valence-corrected chi connectivity index (χ3v) is 3.50. The zero-order valence-electron chi connectivity index (χ0n) is 11.9. The van der Waals surface area contributed by atoms with E-state index in [9.17, 15) is 9.59 Å². The van der Waals surface area contributed by atoms with Gasteiger partial charge in [-0.15, -0.1) is 0 Å². The Labute approximate surface area is 127 Å². The number of furan rings is 1. The van der Waals surface area contributed by atoms with Crippen molar-refractivity contribution in [3.8, 4) is 5.75 Å². The normalized spacial score (nSPS) is 12.5. The zero-order valence-corrected chi connectivity index (χ0v) is 11.9. The molecule has 0 fully saturated rings. The summed E-state index contributed by atoms with van der Waals surface area (Å²) in [5, 5.41) is 0. The van der Waals surface area contributed by atoms with Gasteiger partial charge in [-0.2, -0.15) is 0 Å². The van der Waals surface area contributed by atoms with E-state index in [4.69, 9.17) is 9.15 Å². The molecular formula is C16H16N2O4. The van der Waals surface area contributed by atoms with Gasteiger partial charge in [-0.25, -0.2) is 0 Å². The Balaban J connectivity index is 1.45. The summed E-state index contributed by atoms with van der Waals surface area (Å²) in [4.78, 5) is 23.2. The molecule has 0 aliphatic heterocycles. The summed E-state index contributed by atoms with van der Waals surface area (Å²) in [7, 11) is 0. The van der Waals surface area contributed by atoms with Crippen molar-refractivity contribution in [2.45, 2.75) is 19.3 Å². The minimum Gasteiger partial charge on any atom is -0.484 e. The Morgan fingerprint density at radius 2 is 2.00 bits per heavy atom. The Morgan fingerprint density at radius 1 is 1.14 bits per heavy atom. The number of hydrazine groups is 1. The van der Waals surface area contributed by atoms with Crippen molar-refractivity contribution in [3.63, 3.8) is 0 Å². The summed E-state index contributed by atoms with van der Waals surface area (Å²) < 4.78 is 10.3. The highest BCUT2D eigenvalue weighted by Crippen LogP contribution is 2.25. The summed E-state index contributed by atoms with van der Waals surface area (Å²) >= 11 is 0. The van der Waals surface area contributed by atoms with Gasteiger partial charge in [0.1, 0.15) is 5.75 Å². The molecule has 2 N–H and O–H groups in total. The quantitative estimate of drug-likeness (QED) is 0.841. The summed E-state index contributed by atoms with van der Waals surface area (Å²) in [5.41, 5.74) is 7.15. The number of carbonyl (C=O) groups is 2. The molecule has 114 valence electrons. The number of hydrogen-bond donors (Lipinski definition) is 2. The van der Waals surface area contributed by atoms with Crippen LogP contribution in [0.3, 0.4) is 0 Å². The van der Waals surface area contributed by atoms with Crippen molar-refractivity contribution in [2.75, 3.05) is 6.61 Å². The number of fused-ring (bicyclic) bond motifs is 1. The zero-order chi connectivity index (χ0) is 15.4. The molecule has 0 atom stereocenters.